The van der Waals surface area contributed by atoms with E-state index in [0.29, 0.717) is 6.54 Å². The Kier molecular flexibility index (Phi) is 10.4. The van der Waals surface area contributed by atoms with Gasteiger partial charge in [-0.1, -0.05) is 38.5 Å². The zero-order chi connectivity index (χ0) is 21.1. The van der Waals surface area contributed by atoms with E-state index in [0.717, 1.165) is 39.7 Å². The molecular weight excluding hydrogens is 366 g/mol. The van der Waals surface area contributed by atoms with E-state index < -0.39 is 6.10 Å². The maximum absolute atomic E-state index is 9.64. The Labute approximate surface area is 173 Å². The largest absolute Gasteiger partial charge is 0.389 e. The molecule has 2 N–H and O–H groups in total. The van der Waals surface area contributed by atoms with Crippen molar-refractivity contribution >= 4 is 29.5 Å². The molecule has 28 heavy (non-hydrogen) atoms. The van der Waals surface area contributed by atoms with Gasteiger partial charge in [-0.05, 0) is 63.1 Å². The van der Waals surface area contributed by atoms with Gasteiger partial charge in [0.1, 0.15) is 5.82 Å². The van der Waals surface area contributed by atoms with Crippen LogP contribution < -0.4 is 5.32 Å². The van der Waals surface area contributed by atoms with Crippen molar-refractivity contribution in [2.45, 2.75) is 60.6 Å². The average Bonchev–Trinajstić information content (AvgIpc) is 3.18. The number of nitrogens with zero attached hydrogens (tertiary/aromatic N) is 2. The Balaban J connectivity index is 0.00000190. The highest BCUT2D eigenvalue weighted by molar-refractivity contribution is 7.10. The first-order valence-corrected chi connectivity index (χ1v) is 10.6. The third kappa shape index (κ3) is 7.06. The van der Waals surface area contributed by atoms with Gasteiger partial charge in [0.15, 0.2) is 0 Å². The number of thiophene rings is 1. The van der Waals surface area contributed by atoms with Crippen LogP contribution in [0.15, 0.2) is 57.1 Å². The first kappa shape index (κ1) is 23.8. The number of aliphatic imine (C=N–C) groups is 2. The number of hydrogen-bond acceptors (Lipinski definition) is 5. The molecule has 4 nitrogen and oxygen atoms in total. The van der Waals surface area contributed by atoms with E-state index >= 15 is 0 Å². The van der Waals surface area contributed by atoms with Crippen LogP contribution in [0, 0.1) is 6.92 Å². The van der Waals surface area contributed by atoms with Crippen LogP contribution in [0.25, 0.3) is 0 Å². The molecule has 1 aromatic carbocycles. The highest BCUT2D eigenvalue weighted by Gasteiger charge is 2.09. The summed E-state index contributed by atoms with van der Waals surface area (Å²) in [5.41, 5.74) is 5.14. The lowest BCUT2D eigenvalue weighted by Crippen LogP contribution is -2.07. The van der Waals surface area contributed by atoms with E-state index in [1.165, 1.54) is 5.56 Å². The lowest BCUT2D eigenvalue weighted by molar-refractivity contribution is 0.200. The average molecular weight is 400 g/mol. The molecule has 0 radical (unpaired) electrons. The van der Waals surface area contributed by atoms with Crippen LogP contribution in [0.5, 0.6) is 0 Å². The fraction of sp³-hybridized carbons (Fsp3) is 0.391. The maximum Gasteiger partial charge on any atom is 0.134 e. The van der Waals surface area contributed by atoms with Gasteiger partial charge in [0.05, 0.1) is 12.6 Å². The summed E-state index contributed by atoms with van der Waals surface area (Å²) < 4.78 is 0. The number of hydrogen-bond donors (Lipinski definition) is 2. The second kappa shape index (κ2) is 12.3. The minimum atomic E-state index is -0.438. The number of aryl methyl sites for hydroxylation is 1. The lowest BCUT2D eigenvalue weighted by Gasteiger charge is -2.13. The molecule has 0 fully saturated rings. The molecule has 0 bridgehead atoms. The van der Waals surface area contributed by atoms with Crippen molar-refractivity contribution in [3.63, 3.8) is 0 Å². The lowest BCUT2D eigenvalue weighted by atomic mass is 10.1. The van der Waals surface area contributed by atoms with Crippen LogP contribution in [0.1, 0.15) is 63.1 Å². The summed E-state index contributed by atoms with van der Waals surface area (Å²) in [6, 6.07) is 10.2. The van der Waals surface area contributed by atoms with Crippen molar-refractivity contribution in [1.29, 1.82) is 0 Å². The molecule has 0 aliphatic carbocycles. The number of benzene rings is 1. The van der Waals surface area contributed by atoms with Crippen molar-refractivity contribution in [1.82, 2.24) is 0 Å². The fourth-order valence-corrected chi connectivity index (χ4v) is 3.47. The van der Waals surface area contributed by atoms with Gasteiger partial charge in [0.25, 0.3) is 0 Å². The van der Waals surface area contributed by atoms with Crippen LogP contribution in [0.3, 0.4) is 0 Å². The van der Waals surface area contributed by atoms with Crippen molar-refractivity contribution in [3.8, 4) is 0 Å². The first-order valence-electron chi connectivity index (χ1n) is 9.75. The normalized spacial score (nSPS) is 13.2. The van der Waals surface area contributed by atoms with Crippen LogP contribution in [-0.2, 0) is 6.54 Å². The topological polar surface area (TPSA) is 57.0 Å². The van der Waals surface area contributed by atoms with Crippen LogP contribution in [0.2, 0.25) is 0 Å². The third-order valence-electron chi connectivity index (χ3n) is 4.18. The van der Waals surface area contributed by atoms with E-state index in [9.17, 15) is 5.11 Å². The Bertz CT molecular complexity index is 802. The molecule has 1 aromatic heterocycles. The molecule has 1 unspecified atom stereocenters. The van der Waals surface area contributed by atoms with Gasteiger partial charge in [0, 0.05) is 21.8 Å². The van der Waals surface area contributed by atoms with E-state index in [4.69, 9.17) is 4.99 Å². The molecule has 0 spiro atoms. The fourth-order valence-electron chi connectivity index (χ4n) is 2.57. The van der Waals surface area contributed by atoms with Crippen LogP contribution in [0.4, 0.5) is 5.69 Å². The van der Waals surface area contributed by atoms with Crippen molar-refractivity contribution in [2.75, 3.05) is 5.32 Å². The Morgan fingerprint density at radius 3 is 2.39 bits per heavy atom. The first-order chi connectivity index (χ1) is 13.4. The molecule has 0 aliphatic rings. The molecule has 0 aliphatic heterocycles. The summed E-state index contributed by atoms with van der Waals surface area (Å²) in [6.45, 7) is 16.2. The molecule has 1 heterocycles. The van der Waals surface area contributed by atoms with Gasteiger partial charge in [-0.2, -0.15) is 0 Å². The molecular formula is C23H33N3OS. The monoisotopic (exact) mass is 399 g/mol. The maximum atomic E-state index is 9.64. The van der Waals surface area contributed by atoms with E-state index in [1.807, 2.05) is 44.4 Å². The van der Waals surface area contributed by atoms with Crippen molar-refractivity contribution in [2.24, 2.45) is 9.98 Å². The summed E-state index contributed by atoms with van der Waals surface area (Å²) in [4.78, 5) is 10.0. The smallest absolute Gasteiger partial charge is 0.134 e. The summed E-state index contributed by atoms with van der Waals surface area (Å²) >= 11 is 1.62. The highest BCUT2D eigenvalue weighted by Crippen LogP contribution is 2.22. The minimum absolute atomic E-state index is 0.438. The Morgan fingerprint density at radius 2 is 1.89 bits per heavy atom. The summed E-state index contributed by atoms with van der Waals surface area (Å²) in [5.74, 6) is 0.744. The van der Waals surface area contributed by atoms with Gasteiger partial charge in [0.2, 0.25) is 0 Å². The minimum Gasteiger partial charge on any atom is -0.389 e. The highest BCUT2D eigenvalue weighted by atomic mass is 32.1. The van der Waals surface area contributed by atoms with E-state index in [-0.39, 0.29) is 0 Å². The SMILES string of the molecule is C=N/C(Nc1ccc(C)cc1)=C(/CC)C(C)=NCc1cc(C(C)O)cs1.CC. The molecule has 0 saturated carbocycles. The quantitative estimate of drug-likeness (QED) is 0.496. The van der Waals surface area contributed by atoms with Crippen LogP contribution >= 0.6 is 11.3 Å². The van der Waals surface area contributed by atoms with Gasteiger partial charge in [-0.3, -0.25) is 4.99 Å². The van der Waals surface area contributed by atoms with Crippen molar-refractivity contribution in [3.05, 3.63) is 63.1 Å². The predicted octanol–water partition coefficient (Wildman–Crippen LogP) is 6.53. The van der Waals surface area contributed by atoms with Gasteiger partial charge in [-0.15, -0.1) is 11.3 Å². The standard InChI is InChI=1S/C21H27N3OS.C2H6/c1-6-20(21(22-5)24-18-9-7-14(2)8-10-18)15(3)23-12-19-11-17(13-26-19)16(4)25;1-2/h7-11,13,16,24-25H,5-6,12H2,1-4H3;1-2H3/b21-20+,23-15?;. The molecule has 0 amide bonds. The van der Waals surface area contributed by atoms with E-state index in [2.05, 4.69) is 43.0 Å². The number of allylic oxidation sites excluding steroid dienone is 1. The third-order valence-corrected chi connectivity index (χ3v) is 5.12. The summed E-state index contributed by atoms with van der Waals surface area (Å²) in [6.07, 6.45) is 0.373. The second-order valence-electron chi connectivity index (χ2n) is 6.25. The number of aliphatic hydroxyl groups excluding tert-OH is 1. The molecule has 152 valence electrons. The summed E-state index contributed by atoms with van der Waals surface area (Å²) in [7, 11) is 0. The number of anilines is 1. The molecule has 5 heteroatoms. The molecule has 2 aromatic rings. The molecule has 2 rings (SSSR count). The molecule has 1 atom stereocenters. The van der Waals surface area contributed by atoms with Crippen LogP contribution in [-0.4, -0.2) is 17.5 Å². The Morgan fingerprint density at radius 1 is 1.25 bits per heavy atom. The molecule has 0 saturated heterocycles. The van der Waals surface area contributed by atoms with Gasteiger partial charge < -0.3 is 10.4 Å². The predicted molar refractivity (Wildman–Crippen MR) is 125 cm³/mol. The summed E-state index contributed by atoms with van der Waals surface area (Å²) in [5, 5.41) is 15.0. The van der Waals surface area contributed by atoms with Crippen molar-refractivity contribution < 1.29 is 5.11 Å². The second-order valence-corrected chi connectivity index (χ2v) is 7.25. The number of nitrogens with one attached hydrogen (secondary N) is 1. The van der Waals surface area contributed by atoms with Gasteiger partial charge >= 0.3 is 0 Å². The van der Waals surface area contributed by atoms with E-state index in [1.54, 1.807) is 18.3 Å². The van der Waals surface area contributed by atoms with Gasteiger partial charge in [-0.25, -0.2) is 4.99 Å². The zero-order valence-electron chi connectivity index (χ0n) is 17.9. The number of aliphatic hydroxyl groups is 1. The number of rotatable bonds is 8. The zero-order valence-corrected chi connectivity index (χ0v) is 18.7. The Hall–Kier alpha value is -2.24.